The summed E-state index contributed by atoms with van der Waals surface area (Å²) in [5, 5.41) is 3.56. The monoisotopic (exact) mass is 313 g/mol. The molecule has 0 saturated carbocycles. The molecule has 1 heterocycles. The Morgan fingerprint density at radius 1 is 1.32 bits per heavy atom. The van der Waals surface area contributed by atoms with E-state index in [-0.39, 0.29) is 5.91 Å². The van der Waals surface area contributed by atoms with Crippen LogP contribution in [-0.2, 0) is 11.2 Å². The first kappa shape index (κ1) is 14.6. The first-order valence-corrected chi connectivity index (χ1v) is 7.48. The molecule has 1 aromatic heterocycles. The number of benzene rings is 2. The first-order valence-electron chi connectivity index (χ1n) is 7.10. The van der Waals surface area contributed by atoms with Crippen LogP contribution in [0.2, 0.25) is 5.02 Å². The van der Waals surface area contributed by atoms with Gasteiger partial charge in [0.1, 0.15) is 0 Å². The van der Waals surface area contributed by atoms with Crippen LogP contribution in [0, 0.1) is 6.92 Å². The van der Waals surface area contributed by atoms with Crippen LogP contribution >= 0.6 is 11.6 Å². The number of amides is 1. The zero-order valence-electron chi connectivity index (χ0n) is 12.2. The molecule has 3 rings (SSSR count). The van der Waals surface area contributed by atoms with Crippen molar-refractivity contribution in [3.8, 4) is 0 Å². The van der Waals surface area contributed by atoms with Crippen molar-refractivity contribution in [3.63, 3.8) is 0 Å². The van der Waals surface area contributed by atoms with Gasteiger partial charge in [-0.1, -0.05) is 23.7 Å². The highest BCUT2D eigenvalue weighted by Gasteiger charge is 2.07. The van der Waals surface area contributed by atoms with Gasteiger partial charge in [0.25, 0.3) is 0 Å². The molecule has 4 nitrogen and oxygen atoms in total. The summed E-state index contributed by atoms with van der Waals surface area (Å²) in [7, 11) is 0. The van der Waals surface area contributed by atoms with E-state index in [1.165, 1.54) is 0 Å². The van der Waals surface area contributed by atoms with E-state index < -0.39 is 0 Å². The van der Waals surface area contributed by atoms with Gasteiger partial charge in [-0.15, -0.1) is 0 Å². The number of anilines is 1. The molecule has 0 radical (unpaired) electrons. The molecule has 3 aromatic rings. The van der Waals surface area contributed by atoms with Crippen molar-refractivity contribution in [1.82, 2.24) is 9.97 Å². The van der Waals surface area contributed by atoms with E-state index >= 15 is 0 Å². The Balaban J connectivity index is 1.63. The van der Waals surface area contributed by atoms with Crippen LogP contribution in [0.15, 0.2) is 42.7 Å². The minimum absolute atomic E-state index is 0.0184. The summed E-state index contributed by atoms with van der Waals surface area (Å²) >= 11 is 6.05. The molecule has 22 heavy (non-hydrogen) atoms. The Morgan fingerprint density at radius 2 is 2.18 bits per heavy atom. The molecule has 0 aliphatic carbocycles. The maximum Gasteiger partial charge on any atom is 0.224 e. The average Bonchev–Trinajstić information content (AvgIpc) is 2.97. The Labute approximate surface area is 133 Å². The molecule has 0 aliphatic rings. The number of nitrogens with zero attached hydrogens (tertiary/aromatic N) is 1. The largest absolute Gasteiger partial charge is 0.345 e. The van der Waals surface area contributed by atoms with Crippen molar-refractivity contribution >= 4 is 34.2 Å². The minimum Gasteiger partial charge on any atom is -0.345 e. The van der Waals surface area contributed by atoms with Gasteiger partial charge in [-0.3, -0.25) is 4.79 Å². The summed E-state index contributed by atoms with van der Waals surface area (Å²) in [5.74, 6) is -0.0184. The molecule has 0 unspecified atom stereocenters. The smallest absolute Gasteiger partial charge is 0.224 e. The molecule has 112 valence electrons. The van der Waals surface area contributed by atoms with Gasteiger partial charge in [0.2, 0.25) is 5.91 Å². The molecular weight excluding hydrogens is 298 g/mol. The standard InChI is InChI=1S/C17H16ClN3O/c1-11-13(18)3-2-4-14(11)21-17(22)8-6-12-5-7-15-16(9-12)20-10-19-15/h2-5,7,9-10H,6,8H2,1H3,(H,19,20)(H,21,22). The maximum atomic E-state index is 12.1. The highest BCUT2D eigenvalue weighted by atomic mass is 35.5. The summed E-state index contributed by atoms with van der Waals surface area (Å²) < 4.78 is 0. The maximum absolute atomic E-state index is 12.1. The first-order chi connectivity index (χ1) is 10.6. The lowest BCUT2D eigenvalue weighted by molar-refractivity contribution is -0.116. The highest BCUT2D eigenvalue weighted by Crippen LogP contribution is 2.23. The lowest BCUT2D eigenvalue weighted by atomic mass is 10.1. The number of fused-ring (bicyclic) bond motifs is 1. The zero-order chi connectivity index (χ0) is 15.5. The van der Waals surface area contributed by atoms with Crippen LogP contribution in [0.3, 0.4) is 0 Å². The number of rotatable bonds is 4. The third-order valence-electron chi connectivity index (χ3n) is 3.67. The molecule has 0 atom stereocenters. The number of aromatic nitrogens is 2. The highest BCUT2D eigenvalue weighted by molar-refractivity contribution is 6.31. The van der Waals surface area contributed by atoms with E-state index in [1.54, 1.807) is 6.33 Å². The fourth-order valence-corrected chi connectivity index (χ4v) is 2.53. The van der Waals surface area contributed by atoms with Crippen LogP contribution in [0.5, 0.6) is 0 Å². The van der Waals surface area contributed by atoms with E-state index in [1.807, 2.05) is 43.3 Å². The van der Waals surface area contributed by atoms with Gasteiger partial charge in [0.05, 0.1) is 17.4 Å². The van der Waals surface area contributed by atoms with Crippen LogP contribution in [0.4, 0.5) is 5.69 Å². The summed E-state index contributed by atoms with van der Waals surface area (Å²) in [6.07, 6.45) is 2.77. The van der Waals surface area contributed by atoms with Gasteiger partial charge in [-0.05, 0) is 48.7 Å². The summed E-state index contributed by atoms with van der Waals surface area (Å²) in [5.41, 5.74) is 4.68. The molecule has 0 bridgehead atoms. The van der Waals surface area contributed by atoms with E-state index in [4.69, 9.17) is 11.6 Å². The molecule has 0 aliphatic heterocycles. The van der Waals surface area contributed by atoms with E-state index in [0.29, 0.717) is 17.9 Å². The van der Waals surface area contributed by atoms with Gasteiger partial charge < -0.3 is 10.3 Å². The summed E-state index contributed by atoms with van der Waals surface area (Å²) in [4.78, 5) is 19.3. The number of aromatic amines is 1. The third kappa shape index (κ3) is 3.12. The van der Waals surface area contributed by atoms with E-state index in [9.17, 15) is 4.79 Å². The van der Waals surface area contributed by atoms with Crippen molar-refractivity contribution in [3.05, 3.63) is 58.9 Å². The molecule has 2 aromatic carbocycles. The fourth-order valence-electron chi connectivity index (χ4n) is 2.35. The zero-order valence-corrected chi connectivity index (χ0v) is 12.9. The van der Waals surface area contributed by atoms with E-state index in [0.717, 1.165) is 27.8 Å². The topological polar surface area (TPSA) is 57.8 Å². The minimum atomic E-state index is -0.0184. The fraction of sp³-hybridized carbons (Fsp3) is 0.176. The Hall–Kier alpha value is -2.33. The Morgan fingerprint density at radius 3 is 3.05 bits per heavy atom. The quantitative estimate of drug-likeness (QED) is 0.762. The number of imidazole rings is 1. The molecule has 1 amide bonds. The molecule has 2 N–H and O–H groups in total. The van der Waals surface area contributed by atoms with E-state index in [2.05, 4.69) is 15.3 Å². The van der Waals surface area contributed by atoms with Gasteiger partial charge in [-0.25, -0.2) is 4.98 Å². The Kier molecular flexibility index (Phi) is 4.11. The second kappa shape index (κ2) is 6.20. The van der Waals surface area contributed by atoms with Crippen molar-refractivity contribution in [2.45, 2.75) is 19.8 Å². The van der Waals surface area contributed by atoms with Gasteiger partial charge in [-0.2, -0.15) is 0 Å². The Bertz CT molecular complexity index is 826. The van der Waals surface area contributed by atoms with Crippen LogP contribution in [-0.4, -0.2) is 15.9 Å². The normalized spacial score (nSPS) is 10.8. The van der Waals surface area contributed by atoms with Crippen molar-refractivity contribution in [2.24, 2.45) is 0 Å². The molecule has 0 saturated heterocycles. The number of hydrogen-bond donors (Lipinski definition) is 2. The SMILES string of the molecule is Cc1c(Cl)cccc1NC(=O)CCc1ccc2nc[nH]c2c1. The number of H-pyrrole nitrogens is 1. The van der Waals surface area contributed by atoms with Crippen LogP contribution in [0.25, 0.3) is 11.0 Å². The second-order valence-electron chi connectivity index (χ2n) is 5.21. The van der Waals surface area contributed by atoms with Gasteiger partial charge in [0, 0.05) is 17.1 Å². The van der Waals surface area contributed by atoms with Crippen molar-refractivity contribution in [1.29, 1.82) is 0 Å². The lowest BCUT2D eigenvalue weighted by Gasteiger charge is -2.09. The number of aryl methyl sites for hydroxylation is 1. The van der Waals surface area contributed by atoms with Crippen molar-refractivity contribution in [2.75, 3.05) is 5.32 Å². The lowest BCUT2D eigenvalue weighted by Crippen LogP contribution is -2.13. The predicted octanol–water partition coefficient (Wildman–Crippen LogP) is 4.10. The number of nitrogens with one attached hydrogen (secondary N) is 2. The summed E-state index contributed by atoms with van der Waals surface area (Å²) in [6, 6.07) is 11.5. The van der Waals surface area contributed by atoms with Crippen molar-refractivity contribution < 1.29 is 4.79 Å². The second-order valence-corrected chi connectivity index (χ2v) is 5.62. The van der Waals surface area contributed by atoms with Crippen LogP contribution in [0.1, 0.15) is 17.5 Å². The predicted molar refractivity (Wildman–Crippen MR) is 89.2 cm³/mol. The molecule has 0 fully saturated rings. The number of hydrogen-bond acceptors (Lipinski definition) is 2. The van der Waals surface area contributed by atoms with Crippen LogP contribution < -0.4 is 5.32 Å². The number of halogens is 1. The third-order valence-corrected chi connectivity index (χ3v) is 4.08. The van der Waals surface area contributed by atoms with Gasteiger partial charge in [0.15, 0.2) is 0 Å². The number of carbonyl (C=O) groups is 1. The average molecular weight is 314 g/mol. The number of carbonyl (C=O) groups excluding carboxylic acids is 1. The molecule has 5 heteroatoms. The van der Waals surface area contributed by atoms with Gasteiger partial charge >= 0.3 is 0 Å². The molecule has 0 spiro atoms. The summed E-state index contributed by atoms with van der Waals surface area (Å²) in [6.45, 7) is 1.89. The molecular formula is C17H16ClN3O.